The van der Waals surface area contributed by atoms with E-state index < -0.39 is 0 Å². The Morgan fingerprint density at radius 2 is 2.00 bits per heavy atom. The van der Waals surface area contributed by atoms with Crippen molar-refractivity contribution in [3.8, 4) is 11.3 Å². The number of nitrogens with zero attached hydrogens (tertiary/aromatic N) is 2. The summed E-state index contributed by atoms with van der Waals surface area (Å²) in [5, 5.41) is 6.71. The lowest BCUT2D eigenvalue weighted by atomic mass is 10.2. The van der Waals surface area contributed by atoms with Crippen molar-refractivity contribution in [1.82, 2.24) is 14.4 Å². The van der Waals surface area contributed by atoms with Gasteiger partial charge in [0.2, 0.25) is 0 Å². The summed E-state index contributed by atoms with van der Waals surface area (Å²) in [6.07, 6.45) is 0. The van der Waals surface area contributed by atoms with E-state index in [4.69, 9.17) is 12.2 Å². The lowest BCUT2D eigenvalue weighted by molar-refractivity contribution is 0.893. The molecule has 1 aromatic carbocycles. The number of hydrogen-bond donors (Lipinski definition) is 2. The number of rotatable bonds is 1. The topological polar surface area (TPSA) is 33.6 Å². The molecule has 0 fully saturated rings. The molecule has 2 aromatic rings. The van der Waals surface area contributed by atoms with Gasteiger partial charge in [0.15, 0.2) is 4.64 Å². The van der Waals surface area contributed by atoms with Gasteiger partial charge in [-0.2, -0.15) is 5.10 Å². The minimum atomic E-state index is 0.592. The number of H-pyrrole nitrogens is 1. The zero-order valence-electron chi connectivity index (χ0n) is 6.64. The van der Waals surface area contributed by atoms with E-state index in [0.717, 1.165) is 11.3 Å². The van der Waals surface area contributed by atoms with Gasteiger partial charge in [0.25, 0.3) is 0 Å². The Morgan fingerprint density at radius 3 is 2.54 bits per heavy atom. The Kier molecular flexibility index (Phi) is 2.20. The van der Waals surface area contributed by atoms with Gasteiger partial charge in [0, 0.05) is 5.56 Å². The minimum absolute atomic E-state index is 0.592. The number of thiol groups is 1. The fraction of sp³-hybridized carbons (Fsp3) is 0. The van der Waals surface area contributed by atoms with Gasteiger partial charge in [-0.15, -0.1) is 0 Å². The molecule has 0 saturated carbocycles. The van der Waals surface area contributed by atoms with Crippen LogP contribution in [0.2, 0.25) is 0 Å². The normalized spacial score (nSPS) is 10.2. The number of benzene rings is 1. The highest BCUT2D eigenvalue weighted by atomic mass is 32.1. The van der Waals surface area contributed by atoms with Crippen molar-refractivity contribution >= 4 is 25.0 Å². The number of hydrogen-bond acceptors (Lipinski definition) is 3. The minimum Gasteiger partial charge on any atom is -0.207 e. The van der Waals surface area contributed by atoms with Crippen LogP contribution in [0.4, 0.5) is 0 Å². The summed E-state index contributed by atoms with van der Waals surface area (Å²) >= 11 is 9.16. The van der Waals surface area contributed by atoms with E-state index >= 15 is 0 Å². The molecule has 66 valence electrons. The second-order valence-electron chi connectivity index (χ2n) is 2.54. The smallest absolute Gasteiger partial charge is 0.162 e. The van der Waals surface area contributed by atoms with Crippen molar-refractivity contribution in [3.63, 3.8) is 0 Å². The van der Waals surface area contributed by atoms with Crippen LogP contribution in [0.25, 0.3) is 11.3 Å². The number of aromatic amines is 1. The number of aromatic nitrogens is 3. The second kappa shape index (κ2) is 3.35. The van der Waals surface area contributed by atoms with E-state index in [1.807, 2.05) is 30.3 Å². The van der Waals surface area contributed by atoms with Gasteiger partial charge in [-0.05, 0) is 12.8 Å². The summed E-state index contributed by atoms with van der Waals surface area (Å²) in [5.74, 6) is 0. The van der Waals surface area contributed by atoms with Crippen LogP contribution in [0, 0.1) is 4.64 Å². The van der Waals surface area contributed by atoms with Crippen molar-refractivity contribution < 1.29 is 0 Å². The fourth-order valence-corrected chi connectivity index (χ4v) is 1.42. The van der Waals surface area contributed by atoms with E-state index in [2.05, 4.69) is 23.1 Å². The third kappa shape index (κ3) is 1.52. The highest BCUT2D eigenvalue weighted by Gasteiger charge is 2.03. The van der Waals surface area contributed by atoms with Gasteiger partial charge >= 0.3 is 0 Å². The second-order valence-corrected chi connectivity index (χ2v) is 3.33. The Labute approximate surface area is 85.9 Å². The van der Waals surface area contributed by atoms with Crippen LogP contribution in [-0.4, -0.2) is 14.4 Å². The Bertz CT molecular complexity index is 458. The van der Waals surface area contributed by atoms with E-state index in [0.29, 0.717) is 4.64 Å². The molecule has 1 aromatic heterocycles. The SMILES string of the molecule is S=c1c(-c2ccccc2)n[nH]n1S. The van der Waals surface area contributed by atoms with Crippen LogP contribution >= 0.6 is 25.0 Å². The van der Waals surface area contributed by atoms with Crippen molar-refractivity contribution in [2.45, 2.75) is 0 Å². The third-order valence-electron chi connectivity index (χ3n) is 1.70. The van der Waals surface area contributed by atoms with Gasteiger partial charge < -0.3 is 0 Å². The van der Waals surface area contributed by atoms with Crippen molar-refractivity contribution in [3.05, 3.63) is 35.0 Å². The predicted molar refractivity (Wildman–Crippen MR) is 57.2 cm³/mol. The van der Waals surface area contributed by atoms with E-state index in [9.17, 15) is 0 Å². The van der Waals surface area contributed by atoms with Gasteiger partial charge in [-0.3, -0.25) is 0 Å². The lowest BCUT2D eigenvalue weighted by Crippen LogP contribution is -1.79. The average Bonchev–Trinajstić information content (AvgIpc) is 2.49. The summed E-state index contributed by atoms with van der Waals surface area (Å²) in [5.41, 5.74) is 1.75. The summed E-state index contributed by atoms with van der Waals surface area (Å²) in [4.78, 5) is 0. The zero-order chi connectivity index (χ0) is 9.26. The summed E-state index contributed by atoms with van der Waals surface area (Å²) in [7, 11) is 0. The molecule has 0 aliphatic heterocycles. The molecule has 0 atom stereocenters. The molecule has 5 heteroatoms. The summed E-state index contributed by atoms with van der Waals surface area (Å²) < 4.78 is 2.01. The standard InChI is InChI=1S/C8H7N3S2/c12-8-7(9-10-11(8)13)6-4-2-1-3-5-6/h1-5,10,13H. The Hall–Kier alpha value is -1.07. The van der Waals surface area contributed by atoms with E-state index in [1.54, 1.807) is 0 Å². The highest BCUT2D eigenvalue weighted by Crippen LogP contribution is 2.17. The van der Waals surface area contributed by atoms with Crippen molar-refractivity contribution in [2.24, 2.45) is 0 Å². The first-order valence-electron chi connectivity index (χ1n) is 3.71. The molecule has 0 bridgehead atoms. The molecule has 0 unspecified atom stereocenters. The molecule has 2 rings (SSSR count). The molecule has 3 nitrogen and oxygen atoms in total. The van der Waals surface area contributed by atoms with Gasteiger partial charge in [-0.25, -0.2) is 9.30 Å². The van der Waals surface area contributed by atoms with Crippen LogP contribution in [0.3, 0.4) is 0 Å². The van der Waals surface area contributed by atoms with E-state index in [-0.39, 0.29) is 0 Å². The molecule has 0 radical (unpaired) electrons. The van der Waals surface area contributed by atoms with Gasteiger partial charge in [-0.1, -0.05) is 42.5 Å². The maximum atomic E-state index is 5.10. The fourth-order valence-electron chi connectivity index (χ4n) is 1.07. The summed E-state index contributed by atoms with van der Waals surface area (Å²) in [6.45, 7) is 0. The van der Waals surface area contributed by atoms with Crippen LogP contribution in [0.15, 0.2) is 30.3 Å². The largest absolute Gasteiger partial charge is 0.207 e. The van der Waals surface area contributed by atoms with Crippen LogP contribution in [0.5, 0.6) is 0 Å². The van der Waals surface area contributed by atoms with Crippen molar-refractivity contribution in [2.75, 3.05) is 0 Å². The first kappa shape index (κ1) is 8.52. The maximum absolute atomic E-state index is 5.10. The van der Waals surface area contributed by atoms with Crippen LogP contribution < -0.4 is 0 Å². The van der Waals surface area contributed by atoms with Crippen LogP contribution in [-0.2, 0) is 0 Å². The Balaban J connectivity index is 2.60. The third-order valence-corrected chi connectivity index (χ3v) is 2.50. The molecule has 13 heavy (non-hydrogen) atoms. The van der Waals surface area contributed by atoms with Crippen molar-refractivity contribution in [1.29, 1.82) is 0 Å². The first-order chi connectivity index (χ1) is 6.29. The average molecular weight is 209 g/mol. The molecule has 1 N–H and O–H groups in total. The maximum Gasteiger partial charge on any atom is 0.162 e. The monoisotopic (exact) mass is 209 g/mol. The highest BCUT2D eigenvalue weighted by molar-refractivity contribution is 7.79. The lowest BCUT2D eigenvalue weighted by Gasteiger charge is -1.92. The summed E-state index contributed by atoms with van der Waals surface area (Å²) in [6, 6.07) is 9.76. The molecule has 0 aliphatic carbocycles. The molecule has 0 saturated heterocycles. The van der Waals surface area contributed by atoms with Gasteiger partial charge in [0.1, 0.15) is 5.69 Å². The van der Waals surface area contributed by atoms with Crippen LogP contribution in [0.1, 0.15) is 0 Å². The molecular formula is C8H7N3S2. The quantitative estimate of drug-likeness (QED) is 0.558. The molecular weight excluding hydrogens is 202 g/mol. The number of nitrogens with one attached hydrogen (secondary N) is 1. The molecule has 0 aliphatic rings. The molecule has 1 heterocycles. The molecule has 0 spiro atoms. The van der Waals surface area contributed by atoms with E-state index in [1.165, 1.54) is 4.09 Å². The Morgan fingerprint density at radius 1 is 1.31 bits per heavy atom. The predicted octanol–water partition coefficient (Wildman–Crippen LogP) is 2.30. The zero-order valence-corrected chi connectivity index (χ0v) is 8.35. The first-order valence-corrected chi connectivity index (χ1v) is 4.52. The van der Waals surface area contributed by atoms with Gasteiger partial charge in [0.05, 0.1) is 0 Å². The molecule has 0 amide bonds.